The van der Waals surface area contributed by atoms with Gasteiger partial charge in [-0.2, -0.15) is 0 Å². The summed E-state index contributed by atoms with van der Waals surface area (Å²) >= 11 is 3.49. The Morgan fingerprint density at radius 1 is 1.37 bits per heavy atom. The van der Waals surface area contributed by atoms with E-state index in [1.54, 1.807) is 32.4 Å². The molecule has 1 aromatic carbocycles. The van der Waals surface area contributed by atoms with Crippen LogP contribution in [-0.2, 0) is 0 Å². The van der Waals surface area contributed by atoms with E-state index < -0.39 is 0 Å². The predicted molar refractivity (Wildman–Crippen MR) is 77.3 cm³/mol. The zero-order valence-corrected chi connectivity index (χ0v) is 12.7. The van der Waals surface area contributed by atoms with Crippen molar-refractivity contribution in [2.24, 2.45) is 5.41 Å². The van der Waals surface area contributed by atoms with Crippen LogP contribution in [0.25, 0.3) is 0 Å². The molecule has 1 aliphatic carbocycles. The molecule has 1 amide bonds. The molecule has 19 heavy (non-hydrogen) atoms. The first-order valence-electron chi connectivity index (χ1n) is 6.20. The molecule has 1 saturated carbocycles. The largest absolute Gasteiger partial charge is 0.497 e. The normalized spacial score (nSPS) is 15.7. The van der Waals surface area contributed by atoms with Crippen molar-refractivity contribution in [1.82, 2.24) is 5.32 Å². The molecular formula is C14H18BrNO3. The van der Waals surface area contributed by atoms with Crippen LogP contribution in [0.1, 0.15) is 23.2 Å². The Kier molecular flexibility index (Phi) is 4.34. The van der Waals surface area contributed by atoms with Crippen molar-refractivity contribution in [3.8, 4) is 11.5 Å². The van der Waals surface area contributed by atoms with Crippen molar-refractivity contribution in [3.63, 3.8) is 0 Å². The molecule has 0 heterocycles. The lowest BCUT2D eigenvalue weighted by atomic mass is 10.1. The van der Waals surface area contributed by atoms with Crippen LogP contribution in [0.15, 0.2) is 18.2 Å². The lowest BCUT2D eigenvalue weighted by Gasteiger charge is -2.14. The second-order valence-corrected chi connectivity index (χ2v) is 5.44. The topological polar surface area (TPSA) is 47.6 Å². The van der Waals surface area contributed by atoms with E-state index in [0.717, 1.165) is 18.2 Å². The van der Waals surface area contributed by atoms with Crippen molar-refractivity contribution in [3.05, 3.63) is 23.8 Å². The number of methoxy groups -OCH3 is 2. The maximum Gasteiger partial charge on any atom is 0.255 e. The number of hydrogen-bond donors (Lipinski definition) is 1. The molecule has 0 bridgehead atoms. The van der Waals surface area contributed by atoms with Crippen LogP contribution >= 0.6 is 15.9 Å². The van der Waals surface area contributed by atoms with Gasteiger partial charge in [-0.25, -0.2) is 0 Å². The van der Waals surface area contributed by atoms with Gasteiger partial charge in [0.1, 0.15) is 11.5 Å². The molecule has 0 unspecified atom stereocenters. The van der Waals surface area contributed by atoms with Gasteiger partial charge in [0.15, 0.2) is 0 Å². The second kappa shape index (κ2) is 5.82. The molecule has 0 aromatic heterocycles. The van der Waals surface area contributed by atoms with E-state index in [4.69, 9.17) is 9.47 Å². The van der Waals surface area contributed by atoms with Crippen molar-refractivity contribution in [2.75, 3.05) is 26.1 Å². The molecule has 1 aromatic rings. The van der Waals surface area contributed by atoms with E-state index in [-0.39, 0.29) is 11.3 Å². The monoisotopic (exact) mass is 327 g/mol. The standard InChI is InChI=1S/C14H18BrNO3/c1-18-10-3-4-11(12(7-10)19-2)13(17)16-9-14(8-15)5-6-14/h3-4,7H,5-6,8-9H2,1-2H3,(H,16,17). The van der Waals surface area contributed by atoms with Crippen LogP contribution in [0.3, 0.4) is 0 Å². The Bertz CT molecular complexity index is 472. The van der Waals surface area contributed by atoms with Gasteiger partial charge >= 0.3 is 0 Å². The van der Waals surface area contributed by atoms with E-state index in [1.165, 1.54) is 0 Å². The van der Waals surface area contributed by atoms with Gasteiger partial charge in [0, 0.05) is 17.9 Å². The highest BCUT2D eigenvalue weighted by Crippen LogP contribution is 2.46. The van der Waals surface area contributed by atoms with Crippen molar-refractivity contribution < 1.29 is 14.3 Å². The number of rotatable bonds is 6. The van der Waals surface area contributed by atoms with Gasteiger partial charge in [0.25, 0.3) is 5.91 Å². The number of alkyl halides is 1. The van der Waals surface area contributed by atoms with Crippen LogP contribution in [0.5, 0.6) is 11.5 Å². The van der Waals surface area contributed by atoms with E-state index in [2.05, 4.69) is 21.2 Å². The van der Waals surface area contributed by atoms with Crippen molar-refractivity contribution in [1.29, 1.82) is 0 Å². The summed E-state index contributed by atoms with van der Waals surface area (Å²) in [6, 6.07) is 5.20. The molecule has 0 radical (unpaired) electrons. The Balaban J connectivity index is 2.06. The molecular weight excluding hydrogens is 310 g/mol. The Hall–Kier alpha value is -1.23. The van der Waals surface area contributed by atoms with Gasteiger partial charge in [0.05, 0.1) is 19.8 Å². The van der Waals surface area contributed by atoms with Crippen LogP contribution in [0.2, 0.25) is 0 Å². The van der Waals surface area contributed by atoms with Crippen LogP contribution in [0, 0.1) is 5.41 Å². The Labute approximate surface area is 121 Å². The summed E-state index contributed by atoms with van der Waals surface area (Å²) in [5.74, 6) is 1.10. The number of ether oxygens (including phenoxy) is 2. The lowest BCUT2D eigenvalue weighted by molar-refractivity contribution is 0.0943. The van der Waals surface area contributed by atoms with Crippen molar-refractivity contribution in [2.45, 2.75) is 12.8 Å². The quantitative estimate of drug-likeness (QED) is 0.817. The number of hydrogen-bond acceptors (Lipinski definition) is 3. The first-order valence-corrected chi connectivity index (χ1v) is 7.32. The van der Waals surface area contributed by atoms with Crippen molar-refractivity contribution >= 4 is 21.8 Å². The molecule has 0 atom stereocenters. The second-order valence-electron chi connectivity index (χ2n) is 4.88. The Morgan fingerprint density at radius 3 is 2.63 bits per heavy atom. The molecule has 104 valence electrons. The van der Waals surface area contributed by atoms with Crippen LogP contribution in [0.4, 0.5) is 0 Å². The Morgan fingerprint density at radius 2 is 2.11 bits per heavy atom. The summed E-state index contributed by atoms with van der Waals surface area (Å²) in [5, 5.41) is 3.91. The summed E-state index contributed by atoms with van der Waals surface area (Å²) < 4.78 is 10.3. The predicted octanol–water partition coefficient (Wildman–Crippen LogP) is 2.61. The summed E-state index contributed by atoms with van der Waals surface area (Å²) in [4.78, 5) is 12.2. The molecule has 4 nitrogen and oxygen atoms in total. The summed E-state index contributed by atoms with van der Waals surface area (Å²) in [6.07, 6.45) is 2.33. The van der Waals surface area contributed by atoms with Gasteiger partial charge in [0.2, 0.25) is 0 Å². The van der Waals surface area contributed by atoms with E-state index in [0.29, 0.717) is 23.6 Å². The zero-order valence-electron chi connectivity index (χ0n) is 11.2. The summed E-state index contributed by atoms with van der Waals surface area (Å²) in [7, 11) is 3.13. The number of nitrogens with one attached hydrogen (secondary N) is 1. The lowest BCUT2D eigenvalue weighted by Crippen LogP contribution is -2.31. The molecule has 1 fully saturated rings. The molecule has 0 spiro atoms. The minimum atomic E-state index is -0.105. The third kappa shape index (κ3) is 3.21. The number of benzene rings is 1. The highest BCUT2D eigenvalue weighted by Gasteiger charge is 2.41. The molecule has 1 N–H and O–H groups in total. The average Bonchev–Trinajstić information content (AvgIpc) is 3.24. The van der Waals surface area contributed by atoms with Crippen LogP contribution in [-0.4, -0.2) is 32.0 Å². The third-order valence-corrected chi connectivity index (χ3v) is 4.71. The first kappa shape index (κ1) is 14.2. The fourth-order valence-electron chi connectivity index (χ4n) is 1.88. The first-order chi connectivity index (χ1) is 9.14. The highest BCUT2D eigenvalue weighted by molar-refractivity contribution is 9.09. The maximum absolute atomic E-state index is 12.2. The van der Waals surface area contributed by atoms with E-state index in [1.807, 2.05) is 0 Å². The van der Waals surface area contributed by atoms with Crippen LogP contribution < -0.4 is 14.8 Å². The SMILES string of the molecule is COc1ccc(C(=O)NCC2(CBr)CC2)c(OC)c1. The fourth-order valence-corrected chi connectivity index (χ4v) is 2.64. The number of amides is 1. The van der Waals surface area contributed by atoms with E-state index in [9.17, 15) is 4.79 Å². The van der Waals surface area contributed by atoms with Gasteiger partial charge in [-0.15, -0.1) is 0 Å². The molecule has 2 rings (SSSR count). The molecule has 0 saturated heterocycles. The molecule has 5 heteroatoms. The fraction of sp³-hybridized carbons (Fsp3) is 0.500. The minimum Gasteiger partial charge on any atom is -0.497 e. The number of halogens is 1. The third-order valence-electron chi connectivity index (χ3n) is 3.52. The summed E-state index contributed by atoms with van der Waals surface area (Å²) in [6.45, 7) is 0.701. The number of carbonyl (C=O) groups excluding carboxylic acids is 1. The van der Waals surface area contributed by atoms with Gasteiger partial charge in [-0.1, -0.05) is 15.9 Å². The van der Waals surface area contributed by atoms with E-state index >= 15 is 0 Å². The zero-order chi connectivity index (χ0) is 13.9. The van der Waals surface area contributed by atoms with Gasteiger partial charge in [-0.3, -0.25) is 4.79 Å². The smallest absolute Gasteiger partial charge is 0.255 e. The highest BCUT2D eigenvalue weighted by atomic mass is 79.9. The average molecular weight is 328 g/mol. The molecule has 1 aliphatic rings. The maximum atomic E-state index is 12.2. The number of carbonyl (C=O) groups is 1. The van der Waals surface area contributed by atoms with Gasteiger partial charge < -0.3 is 14.8 Å². The minimum absolute atomic E-state index is 0.105. The van der Waals surface area contributed by atoms with Gasteiger partial charge in [-0.05, 0) is 30.4 Å². The molecule has 0 aliphatic heterocycles. The summed E-state index contributed by atoms with van der Waals surface area (Å²) in [5.41, 5.74) is 0.795.